The Hall–Kier alpha value is -0.650. The third-order valence-electron chi connectivity index (χ3n) is 1.11. The SMILES string of the molecule is COC(=O)[C@@H](CO)NC(C)O. The van der Waals surface area contributed by atoms with Gasteiger partial charge in [0.15, 0.2) is 0 Å². The standard InChI is InChI=1S/C6H13NO4/c1-4(9)7-5(3-8)6(10)11-2/h4-5,7-9H,3H2,1-2H3/t4?,5-/m1/s1. The number of aliphatic hydroxyl groups excluding tert-OH is 2. The van der Waals surface area contributed by atoms with E-state index in [-0.39, 0.29) is 0 Å². The topological polar surface area (TPSA) is 78.8 Å². The second-order valence-electron chi connectivity index (χ2n) is 2.10. The summed E-state index contributed by atoms with van der Waals surface area (Å²) in [6.45, 7) is 1.06. The Morgan fingerprint density at radius 1 is 1.73 bits per heavy atom. The average Bonchev–Trinajstić information content (AvgIpc) is 1.98. The quantitative estimate of drug-likeness (QED) is 0.345. The molecule has 0 saturated heterocycles. The van der Waals surface area contributed by atoms with Crippen LogP contribution in [0.15, 0.2) is 0 Å². The summed E-state index contributed by atoms with van der Waals surface area (Å²) >= 11 is 0. The van der Waals surface area contributed by atoms with Gasteiger partial charge in [0.25, 0.3) is 0 Å². The lowest BCUT2D eigenvalue weighted by Gasteiger charge is -2.15. The summed E-state index contributed by atoms with van der Waals surface area (Å²) < 4.78 is 4.33. The molecule has 0 spiro atoms. The molecule has 0 aromatic carbocycles. The Bertz CT molecular complexity index is 126. The fraction of sp³-hybridized carbons (Fsp3) is 0.833. The summed E-state index contributed by atoms with van der Waals surface area (Å²) in [4.78, 5) is 10.7. The number of hydrogen-bond donors (Lipinski definition) is 3. The highest BCUT2D eigenvalue weighted by atomic mass is 16.5. The van der Waals surface area contributed by atoms with Crippen LogP contribution < -0.4 is 5.32 Å². The first-order valence-electron chi connectivity index (χ1n) is 3.24. The molecule has 5 heteroatoms. The van der Waals surface area contributed by atoms with E-state index in [9.17, 15) is 4.79 Å². The number of methoxy groups -OCH3 is 1. The minimum atomic E-state index is -0.847. The number of hydrogen-bond acceptors (Lipinski definition) is 5. The average molecular weight is 163 g/mol. The second kappa shape index (κ2) is 5.06. The van der Waals surface area contributed by atoms with Crippen LogP contribution in [0.5, 0.6) is 0 Å². The van der Waals surface area contributed by atoms with Crippen molar-refractivity contribution in [3.8, 4) is 0 Å². The molecule has 0 saturated carbocycles. The van der Waals surface area contributed by atoms with Crippen molar-refractivity contribution in [3.05, 3.63) is 0 Å². The zero-order valence-corrected chi connectivity index (χ0v) is 6.57. The number of nitrogens with one attached hydrogen (secondary N) is 1. The molecule has 0 heterocycles. The number of aliphatic hydroxyl groups is 2. The number of carbonyl (C=O) groups excluding carboxylic acids is 1. The van der Waals surface area contributed by atoms with Crippen molar-refractivity contribution in [1.29, 1.82) is 0 Å². The molecule has 3 N–H and O–H groups in total. The van der Waals surface area contributed by atoms with Crippen LogP contribution in [0.2, 0.25) is 0 Å². The highest BCUT2D eigenvalue weighted by Gasteiger charge is 2.18. The Morgan fingerprint density at radius 2 is 2.27 bits per heavy atom. The Balaban J connectivity index is 3.84. The van der Waals surface area contributed by atoms with Gasteiger partial charge in [-0.1, -0.05) is 0 Å². The van der Waals surface area contributed by atoms with Gasteiger partial charge in [-0.05, 0) is 6.92 Å². The Kier molecular flexibility index (Phi) is 4.76. The van der Waals surface area contributed by atoms with Gasteiger partial charge in [0.2, 0.25) is 0 Å². The molecule has 0 aliphatic heterocycles. The van der Waals surface area contributed by atoms with Crippen molar-refractivity contribution < 1.29 is 19.7 Å². The number of rotatable bonds is 4. The second-order valence-corrected chi connectivity index (χ2v) is 2.10. The van der Waals surface area contributed by atoms with E-state index in [1.165, 1.54) is 14.0 Å². The van der Waals surface area contributed by atoms with Gasteiger partial charge in [-0.3, -0.25) is 10.1 Å². The smallest absolute Gasteiger partial charge is 0.325 e. The zero-order chi connectivity index (χ0) is 8.85. The molecule has 0 aromatic rings. The molecule has 0 radical (unpaired) electrons. The number of esters is 1. The highest BCUT2D eigenvalue weighted by molar-refractivity contribution is 5.75. The van der Waals surface area contributed by atoms with Crippen molar-refractivity contribution in [3.63, 3.8) is 0 Å². The Morgan fingerprint density at radius 3 is 2.55 bits per heavy atom. The fourth-order valence-electron chi connectivity index (χ4n) is 0.629. The lowest BCUT2D eigenvalue weighted by atomic mass is 10.3. The molecule has 0 rings (SSSR count). The van der Waals surface area contributed by atoms with Crippen molar-refractivity contribution >= 4 is 5.97 Å². The monoisotopic (exact) mass is 163 g/mol. The van der Waals surface area contributed by atoms with E-state index in [2.05, 4.69) is 10.1 Å². The molecule has 66 valence electrons. The summed E-state index contributed by atoms with van der Waals surface area (Å²) in [7, 11) is 1.22. The van der Waals surface area contributed by atoms with Crippen LogP contribution in [0.4, 0.5) is 0 Å². The first-order valence-corrected chi connectivity index (χ1v) is 3.24. The van der Waals surface area contributed by atoms with Crippen LogP contribution in [-0.4, -0.2) is 42.2 Å². The lowest BCUT2D eigenvalue weighted by molar-refractivity contribution is -0.145. The normalized spacial score (nSPS) is 15.6. The summed E-state index contributed by atoms with van der Waals surface area (Å²) in [5.41, 5.74) is 0. The van der Waals surface area contributed by atoms with Crippen LogP contribution in [0.25, 0.3) is 0 Å². The van der Waals surface area contributed by atoms with E-state index in [1.807, 2.05) is 0 Å². The first-order chi connectivity index (χ1) is 5.11. The molecule has 2 atom stereocenters. The van der Waals surface area contributed by atoms with Gasteiger partial charge in [0.05, 0.1) is 13.7 Å². The number of ether oxygens (including phenoxy) is 1. The maximum absolute atomic E-state index is 10.7. The van der Waals surface area contributed by atoms with Gasteiger partial charge in [0.1, 0.15) is 12.3 Å². The van der Waals surface area contributed by atoms with Gasteiger partial charge in [-0.2, -0.15) is 0 Å². The summed E-state index contributed by atoms with van der Waals surface area (Å²) in [5, 5.41) is 19.8. The third kappa shape index (κ3) is 3.92. The predicted octanol–water partition coefficient (Wildman–Crippen LogP) is -1.55. The minimum Gasteiger partial charge on any atom is -0.468 e. The van der Waals surface area contributed by atoms with Crippen molar-refractivity contribution in [2.75, 3.05) is 13.7 Å². The first kappa shape index (κ1) is 10.3. The molecule has 0 bridgehead atoms. The summed E-state index contributed by atoms with van der Waals surface area (Å²) in [5.74, 6) is -0.589. The largest absolute Gasteiger partial charge is 0.468 e. The molecule has 5 nitrogen and oxygen atoms in total. The lowest BCUT2D eigenvalue weighted by Crippen LogP contribution is -2.45. The molecule has 0 aliphatic rings. The maximum Gasteiger partial charge on any atom is 0.325 e. The molecule has 0 aliphatic carbocycles. The molecule has 0 amide bonds. The minimum absolute atomic E-state index is 0.391. The van der Waals surface area contributed by atoms with Crippen LogP contribution in [0, 0.1) is 0 Å². The van der Waals surface area contributed by atoms with Gasteiger partial charge in [0, 0.05) is 0 Å². The van der Waals surface area contributed by atoms with Crippen LogP contribution in [0.3, 0.4) is 0 Å². The van der Waals surface area contributed by atoms with Gasteiger partial charge in [-0.15, -0.1) is 0 Å². The van der Waals surface area contributed by atoms with E-state index >= 15 is 0 Å². The van der Waals surface area contributed by atoms with E-state index in [1.54, 1.807) is 0 Å². The Labute approximate surface area is 65.0 Å². The van der Waals surface area contributed by atoms with Crippen LogP contribution in [0.1, 0.15) is 6.92 Å². The van der Waals surface area contributed by atoms with E-state index in [4.69, 9.17) is 10.2 Å². The van der Waals surface area contributed by atoms with E-state index in [0.717, 1.165) is 0 Å². The zero-order valence-electron chi connectivity index (χ0n) is 6.57. The van der Waals surface area contributed by atoms with Crippen LogP contribution in [-0.2, 0) is 9.53 Å². The summed E-state index contributed by atoms with van der Waals surface area (Å²) in [6.07, 6.45) is -0.841. The van der Waals surface area contributed by atoms with Gasteiger partial charge in [-0.25, -0.2) is 0 Å². The van der Waals surface area contributed by atoms with E-state index in [0.29, 0.717) is 0 Å². The van der Waals surface area contributed by atoms with Gasteiger partial charge >= 0.3 is 5.97 Å². The molecule has 0 aromatic heterocycles. The van der Waals surface area contributed by atoms with Gasteiger partial charge < -0.3 is 14.9 Å². The molecule has 1 unspecified atom stereocenters. The molecule has 11 heavy (non-hydrogen) atoms. The third-order valence-corrected chi connectivity index (χ3v) is 1.11. The molecule has 0 fully saturated rings. The van der Waals surface area contributed by atoms with Crippen molar-refractivity contribution in [1.82, 2.24) is 5.32 Å². The highest BCUT2D eigenvalue weighted by Crippen LogP contribution is 1.87. The van der Waals surface area contributed by atoms with E-state index < -0.39 is 24.8 Å². The van der Waals surface area contributed by atoms with Crippen molar-refractivity contribution in [2.45, 2.75) is 19.2 Å². The fourth-order valence-corrected chi connectivity index (χ4v) is 0.629. The van der Waals surface area contributed by atoms with Crippen LogP contribution >= 0.6 is 0 Å². The maximum atomic E-state index is 10.7. The van der Waals surface area contributed by atoms with Crippen molar-refractivity contribution in [2.24, 2.45) is 0 Å². The number of carbonyl (C=O) groups is 1. The molecular formula is C6H13NO4. The predicted molar refractivity (Wildman–Crippen MR) is 37.7 cm³/mol. The summed E-state index contributed by atoms with van der Waals surface area (Å²) in [6, 6.07) is -0.847. The molecular weight excluding hydrogens is 150 g/mol.